The number of aromatic nitrogens is 2. The number of rotatable bonds is 2. The van der Waals surface area contributed by atoms with Gasteiger partial charge in [0, 0.05) is 25.6 Å². The predicted octanol–water partition coefficient (Wildman–Crippen LogP) is 4.31. The number of fused-ring (bicyclic) bond motifs is 1. The van der Waals surface area contributed by atoms with Crippen molar-refractivity contribution in [1.82, 2.24) is 14.7 Å². The average molecular weight is 396 g/mol. The van der Waals surface area contributed by atoms with E-state index in [9.17, 15) is 22.4 Å². The number of hydrogen-bond acceptors (Lipinski definition) is 3. The van der Waals surface area contributed by atoms with Gasteiger partial charge in [-0.2, -0.15) is 18.3 Å². The van der Waals surface area contributed by atoms with E-state index in [1.807, 2.05) is 0 Å². The van der Waals surface area contributed by atoms with Crippen LogP contribution in [-0.2, 0) is 0 Å². The van der Waals surface area contributed by atoms with Crippen LogP contribution in [0.15, 0.2) is 30.3 Å². The number of hydrogen-bond donors (Lipinski definition) is 1. The van der Waals surface area contributed by atoms with E-state index in [2.05, 4.69) is 10.4 Å². The van der Waals surface area contributed by atoms with Crippen LogP contribution in [0.3, 0.4) is 0 Å². The highest BCUT2D eigenvalue weighted by atomic mass is 19.4. The fourth-order valence-electron chi connectivity index (χ4n) is 3.85. The molecule has 1 saturated heterocycles. The lowest BCUT2D eigenvalue weighted by Crippen LogP contribution is -2.37. The lowest BCUT2D eigenvalue weighted by Gasteiger charge is -2.33. The van der Waals surface area contributed by atoms with Crippen LogP contribution in [0.4, 0.5) is 23.4 Å². The number of carbonyl (C=O) groups excluding carboxylic acids is 1. The van der Waals surface area contributed by atoms with Gasteiger partial charge >= 0.3 is 6.18 Å². The largest absolute Gasteiger partial charge is 0.410 e. The molecule has 0 aliphatic carbocycles. The third-order valence-electron chi connectivity index (χ3n) is 5.32. The van der Waals surface area contributed by atoms with Gasteiger partial charge in [-0.15, -0.1) is 0 Å². The minimum atomic E-state index is -4.52. The van der Waals surface area contributed by atoms with E-state index in [1.54, 1.807) is 4.90 Å². The summed E-state index contributed by atoms with van der Waals surface area (Å²) in [5.41, 5.74) is 0.561. The highest BCUT2D eigenvalue weighted by Gasteiger charge is 2.47. The number of piperidine rings is 1. The molecule has 150 valence electrons. The lowest BCUT2D eigenvalue weighted by molar-refractivity contribution is -0.173. The Morgan fingerprint density at radius 2 is 1.79 bits per heavy atom. The van der Waals surface area contributed by atoms with Crippen LogP contribution >= 0.6 is 0 Å². The van der Waals surface area contributed by atoms with Gasteiger partial charge < -0.3 is 10.2 Å². The van der Waals surface area contributed by atoms with E-state index in [0.717, 1.165) is 23.9 Å². The van der Waals surface area contributed by atoms with Crippen molar-refractivity contribution in [2.75, 3.05) is 18.4 Å². The second-order valence-corrected chi connectivity index (χ2v) is 7.25. The molecule has 1 aromatic heterocycles. The molecule has 1 fully saturated rings. The molecule has 0 bridgehead atoms. The Kier molecular flexibility index (Phi) is 4.76. The molecule has 1 N–H and O–H groups in total. The Labute approximate surface area is 159 Å². The zero-order valence-corrected chi connectivity index (χ0v) is 15.0. The summed E-state index contributed by atoms with van der Waals surface area (Å²) in [7, 11) is 0. The molecule has 3 heterocycles. The number of carbonyl (C=O) groups is 1. The summed E-state index contributed by atoms with van der Waals surface area (Å²) in [5, 5.41) is 7.02. The summed E-state index contributed by atoms with van der Waals surface area (Å²) in [6.07, 6.45) is -2.00. The molecule has 0 unspecified atom stereocenters. The molecular formula is C19H20F4N4O. The fourth-order valence-corrected chi connectivity index (χ4v) is 3.85. The second-order valence-electron chi connectivity index (χ2n) is 7.25. The molecule has 0 radical (unpaired) electrons. The maximum absolute atomic E-state index is 13.7. The lowest BCUT2D eigenvalue weighted by atomic mass is 9.97. The number of benzene rings is 1. The van der Waals surface area contributed by atoms with Gasteiger partial charge in [0.2, 0.25) is 0 Å². The molecule has 28 heavy (non-hydrogen) atoms. The highest BCUT2D eigenvalue weighted by molar-refractivity contribution is 5.93. The van der Waals surface area contributed by atoms with Crippen molar-refractivity contribution in [2.45, 2.75) is 43.9 Å². The summed E-state index contributed by atoms with van der Waals surface area (Å²) in [5.74, 6) is -0.655. The van der Waals surface area contributed by atoms with Crippen molar-refractivity contribution in [3.63, 3.8) is 0 Å². The topological polar surface area (TPSA) is 50.2 Å². The van der Waals surface area contributed by atoms with Crippen molar-refractivity contribution in [3.8, 4) is 0 Å². The summed E-state index contributed by atoms with van der Waals surface area (Å²) >= 11 is 0. The number of likely N-dealkylation sites (tertiary alicyclic amines) is 1. The first-order valence-electron chi connectivity index (χ1n) is 9.30. The molecule has 2 atom stereocenters. The molecule has 0 spiro atoms. The normalized spacial score (nSPS) is 22.5. The third kappa shape index (κ3) is 3.57. The number of halogens is 4. The first-order valence-corrected chi connectivity index (χ1v) is 9.30. The monoisotopic (exact) mass is 396 g/mol. The zero-order valence-electron chi connectivity index (χ0n) is 15.0. The summed E-state index contributed by atoms with van der Waals surface area (Å²) in [6.45, 7) is 1.19. The SMILES string of the molecule is O=C(c1cc2n(n1)[C@H](C(F)(F)F)C[C@@H](c1ccc(F)cc1)N2)N1CCCCC1. The Bertz CT molecular complexity index is 856. The molecule has 5 nitrogen and oxygen atoms in total. The second kappa shape index (κ2) is 7.10. The van der Waals surface area contributed by atoms with Gasteiger partial charge in [0.05, 0.1) is 6.04 Å². The molecule has 1 amide bonds. The van der Waals surface area contributed by atoms with Crippen LogP contribution in [0.1, 0.15) is 53.8 Å². The van der Waals surface area contributed by atoms with E-state index >= 15 is 0 Å². The maximum Gasteiger partial charge on any atom is 0.410 e. The van der Waals surface area contributed by atoms with Gasteiger partial charge in [0.25, 0.3) is 5.91 Å². The van der Waals surface area contributed by atoms with E-state index < -0.39 is 24.1 Å². The molecule has 2 aliphatic rings. The standard InChI is InChI=1S/C19H20F4N4O/c20-13-6-4-12(5-7-13)14-10-16(19(21,22)23)27-17(24-14)11-15(25-27)18(28)26-8-2-1-3-9-26/h4-7,11,14,16,24H,1-3,8-10H2/t14-,16-/m0/s1. The number of amides is 1. The maximum atomic E-state index is 13.7. The van der Waals surface area contributed by atoms with Crippen molar-refractivity contribution >= 4 is 11.7 Å². The van der Waals surface area contributed by atoms with Crippen molar-refractivity contribution in [2.24, 2.45) is 0 Å². The van der Waals surface area contributed by atoms with Gasteiger partial charge in [0.15, 0.2) is 11.7 Å². The highest BCUT2D eigenvalue weighted by Crippen LogP contribution is 2.43. The first kappa shape index (κ1) is 18.8. The van der Waals surface area contributed by atoms with Crippen molar-refractivity contribution in [3.05, 3.63) is 47.4 Å². The Morgan fingerprint density at radius 1 is 1.11 bits per heavy atom. The number of alkyl halides is 3. The van der Waals surface area contributed by atoms with Gasteiger partial charge in [-0.05, 0) is 37.0 Å². The van der Waals surface area contributed by atoms with E-state index in [1.165, 1.54) is 30.3 Å². The predicted molar refractivity (Wildman–Crippen MR) is 94.5 cm³/mol. The average Bonchev–Trinajstić information content (AvgIpc) is 3.11. The Morgan fingerprint density at radius 3 is 2.43 bits per heavy atom. The number of nitrogens with one attached hydrogen (secondary N) is 1. The quantitative estimate of drug-likeness (QED) is 0.770. The van der Waals surface area contributed by atoms with Crippen LogP contribution < -0.4 is 5.32 Å². The van der Waals surface area contributed by atoms with Crippen LogP contribution in [0.25, 0.3) is 0 Å². The van der Waals surface area contributed by atoms with Crippen LogP contribution in [0, 0.1) is 5.82 Å². The molecule has 9 heteroatoms. The number of anilines is 1. The van der Waals surface area contributed by atoms with Crippen molar-refractivity contribution in [1.29, 1.82) is 0 Å². The summed E-state index contributed by atoms with van der Waals surface area (Å²) in [6, 6.07) is 4.23. The molecule has 4 rings (SSSR count). The van der Waals surface area contributed by atoms with E-state index in [0.29, 0.717) is 18.7 Å². The summed E-state index contributed by atoms with van der Waals surface area (Å²) in [4.78, 5) is 14.3. The Hall–Kier alpha value is -2.58. The molecule has 2 aromatic rings. The Balaban J connectivity index is 1.65. The van der Waals surface area contributed by atoms with E-state index in [-0.39, 0.29) is 23.8 Å². The van der Waals surface area contributed by atoms with Gasteiger partial charge in [-0.25, -0.2) is 9.07 Å². The minimum absolute atomic E-state index is 0.0124. The molecule has 0 saturated carbocycles. The van der Waals surface area contributed by atoms with Crippen LogP contribution in [-0.4, -0.2) is 39.9 Å². The minimum Gasteiger partial charge on any atom is -0.363 e. The van der Waals surface area contributed by atoms with E-state index in [4.69, 9.17) is 0 Å². The fraction of sp³-hybridized carbons (Fsp3) is 0.474. The molecular weight excluding hydrogens is 376 g/mol. The first-order chi connectivity index (χ1) is 13.3. The van der Waals surface area contributed by atoms with Gasteiger partial charge in [-0.1, -0.05) is 12.1 Å². The van der Waals surface area contributed by atoms with Crippen molar-refractivity contribution < 1.29 is 22.4 Å². The summed E-state index contributed by atoms with van der Waals surface area (Å²) < 4.78 is 55.1. The zero-order chi connectivity index (χ0) is 19.9. The van der Waals surface area contributed by atoms with Gasteiger partial charge in [-0.3, -0.25) is 4.79 Å². The van der Waals surface area contributed by atoms with Crippen LogP contribution in [0.2, 0.25) is 0 Å². The third-order valence-corrected chi connectivity index (χ3v) is 5.32. The molecule has 2 aliphatic heterocycles. The smallest absolute Gasteiger partial charge is 0.363 e. The molecule has 1 aromatic carbocycles. The van der Waals surface area contributed by atoms with Gasteiger partial charge in [0.1, 0.15) is 11.6 Å². The number of nitrogens with zero attached hydrogens (tertiary/aromatic N) is 3. The van der Waals surface area contributed by atoms with Crippen LogP contribution in [0.5, 0.6) is 0 Å².